The lowest BCUT2D eigenvalue weighted by atomic mass is 9.77. The highest BCUT2D eigenvalue weighted by Gasteiger charge is 2.34. The molecule has 0 saturated carbocycles. The highest BCUT2D eigenvalue weighted by molar-refractivity contribution is 7.99. The van der Waals surface area contributed by atoms with Crippen LogP contribution in [-0.2, 0) is 10.2 Å². The minimum absolute atomic E-state index is 0.0340. The Kier molecular flexibility index (Phi) is 5.11. The predicted octanol–water partition coefficient (Wildman–Crippen LogP) is 6.97. The van der Waals surface area contributed by atoms with Gasteiger partial charge in [-0.15, -0.1) is 0 Å². The van der Waals surface area contributed by atoms with Crippen molar-refractivity contribution in [1.82, 2.24) is 10.9 Å². The van der Waals surface area contributed by atoms with E-state index >= 15 is 0 Å². The molecule has 2 aliphatic heterocycles. The van der Waals surface area contributed by atoms with Crippen molar-refractivity contribution >= 4 is 11.8 Å². The van der Waals surface area contributed by atoms with Gasteiger partial charge in [0.2, 0.25) is 0 Å². The van der Waals surface area contributed by atoms with Gasteiger partial charge in [0.15, 0.2) is 0 Å². The number of hydrazine groups is 1. The summed E-state index contributed by atoms with van der Waals surface area (Å²) in [4.78, 5) is 2.69. The summed E-state index contributed by atoms with van der Waals surface area (Å²) in [6.45, 7) is 4.66. The highest BCUT2D eigenvalue weighted by Crippen LogP contribution is 2.52. The van der Waals surface area contributed by atoms with Gasteiger partial charge in [0.25, 0.3) is 0 Å². The third-order valence-corrected chi connectivity index (χ3v) is 7.90. The summed E-state index contributed by atoms with van der Waals surface area (Å²) in [5, 5.41) is 0. The average molecular weight is 451 g/mol. The van der Waals surface area contributed by atoms with Crippen molar-refractivity contribution in [1.29, 1.82) is 0 Å². The summed E-state index contributed by atoms with van der Waals surface area (Å²) >= 11 is 1.88. The molecule has 2 N–H and O–H groups in total. The molecular formula is C29H26N2OS. The minimum atomic E-state index is -0.209. The number of benzene rings is 4. The fourth-order valence-electron chi connectivity index (χ4n) is 4.87. The summed E-state index contributed by atoms with van der Waals surface area (Å²) in [7, 11) is 0. The Morgan fingerprint density at radius 3 is 2.21 bits per heavy atom. The predicted molar refractivity (Wildman–Crippen MR) is 134 cm³/mol. The molecule has 3 nitrogen and oxygen atoms in total. The molecule has 1 saturated heterocycles. The van der Waals surface area contributed by atoms with Crippen LogP contribution < -0.4 is 10.9 Å². The number of hydrogen-bond acceptors (Lipinski definition) is 4. The summed E-state index contributed by atoms with van der Waals surface area (Å²) in [6, 6.07) is 34.4. The zero-order valence-electron chi connectivity index (χ0n) is 18.7. The Hall–Kier alpha value is -2.89. The number of nitrogens with one attached hydrogen (secondary N) is 2. The van der Waals surface area contributed by atoms with Gasteiger partial charge in [0, 0.05) is 15.2 Å². The van der Waals surface area contributed by atoms with Gasteiger partial charge >= 0.3 is 0 Å². The van der Waals surface area contributed by atoms with Crippen molar-refractivity contribution in [3.63, 3.8) is 0 Å². The summed E-state index contributed by atoms with van der Waals surface area (Å²) in [5.41, 5.74) is 14.0. The molecule has 1 fully saturated rings. The first-order valence-electron chi connectivity index (χ1n) is 11.3. The number of hydrogen-bond donors (Lipinski definition) is 2. The van der Waals surface area contributed by atoms with Crippen LogP contribution in [0.5, 0.6) is 0 Å². The Labute approximate surface area is 199 Å². The van der Waals surface area contributed by atoms with Gasteiger partial charge in [-0.25, -0.2) is 10.9 Å². The maximum atomic E-state index is 6.29. The molecule has 6 rings (SSSR count). The molecule has 4 aromatic carbocycles. The molecular weight excluding hydrogens is 424 g/mol. The van der Waals surface area contributed by atoms with Crippen LogP contribution in [0.1, 0.15) is 48.6 Å². The van der Waals surface area contributed by atoms with Gasteiger partial charge in [0.05, 0.1) is 0 Å². The first-order chi connectivity index (χ1) is 16.1. The third kappa shape index (κ3) is 3.60. The second-order valence-corrected chi connectivity index (χ2v) is 10.2. The van der Waals surface area contributed by atoms with E-state index in [1.165, 1.54) is 32.0 Å². The number of fused-ring (bicyclic) bond motifs is 2. The lowest BCUT2D eigenvalue weighted by molar-refractivity contribution is 0.0341. The Bertz CT molecular complexity index is 1320. The molecule has 0 aliphatic carbocycles. The monoisotopic (exact) mass is 450 g/mol. The van der Waals surface area contributed by atoms with E-state index in [0.717, 1.165) is 11.1 Å². The van der Waals surface area contributed by atoms with Crippen LogP contribution in [0.3, 0.4) is 0 Å². The van der Waals surface area contributed by atoms with Crippen LogP contribution in [0.4, 0.5) is 0 Å². The summed E-state index contributed by atoms with van der Waals surface area (Å²) in [6.07, 6.45) is -0.378. The maximum Gasteiger partial charge on any atom is 0.149 e. The standard InChI is InChI=1S/C29H26N2OS/c1-29(2)23-15-6-7-17-25(23)33-26-22(14-9-16-24(26)29)20-12-8-13-21(18-20)28-31-30-27(32-28)19-10-4-3-5-11-19/h3-18,27-28,30-31H,1-2H3. The maximum absolute atomic E-state index is 6.29. The molecule has 0 spiro atoms. The zero-order valence-corrected chi connectivity index (χ0v) is 19.5. The fraction of sp³-hybridized carbons (Fsp3) is 0.172. The molecule has 0 amide bonds. The normalized spacial score (nSPS) is 20.8. The topological polar surface area (TPSA) is 33.3 Å². The van der Waals surface area contributed by atoms with Crippen LogP contribution in [0.2, 0.25) is 0 Å². The SMILES string of the molecule is CC1(C)c2ccccc2Sc2c(-c3cccc(C4NNC(c5ccccc5)O4)c3)cccc21. The van der Waals surface area contributed by atoms with Gasteiger partial charge in [-0.2, -0.15) is 0 Å². The second-order valence-electron chi connectivity index (χ2n) is 9.13. The van der Waals surface area contributed by atoms with E-state index in [0.29, 0.717) is 0 Å². The number of ether oxygens (including phenoxy) is 1. The third-order valence-electron chi connectivity index (χ3n) is 6.68. The second kappa shape index (κ2) is 8.15. The average Bonchev–Trinajstić information content (AvgIpc) is 3.35. The Morgan fingerprint density at radius 1 is 0.697 bits per heavy atom. The molecule has 164 valence electrons. The van der Waals surface area contributed by atoms with Gasteiger partial charge in [-0.1, -0.05) is 111 Å². The van der Waals surface area contributed by atoms with Crippen LogP contribution in [0.15, 0.2) is 107 Å². The van der Waals surface area contributed by atoms with E-state index in [-0.39, 0.29) is 17.9 Å². The van der Waals surface area contributed by atoms with Crippen LogP contribution in [0, 0.1) is 0 Å². The van der Waals surface area contributed by atoms with Crippen LogP contribution >= 0.6 is 11.8 Å². The van der Waals surface area contributed by atoms with Crippen molar-refractivity contribution in [2.45, 2.75) is 41.5 Å². The molecule has 0 radical (unpaired) electrons. The minimum Gasteiger partial charge on any atom is -0.334 e. The number of rotatable bonds is 3. The lowest BCUT2D eigenvalue weighted by Gasteiger charge is -2.35. The van der Waals surface area contributed by atoms with Crippen LogP contribution in [-0.4, -0.2) is 0 Å². The molecule has 4 aromatic rings. The highest BCUT2D eigenvalue weighted by atomic mass is 32.2. The van der Waals surface area contributed by atoms with E-state index in [2.05, 4.69) is 104 Å². The van der Waals surface area contributed by atoms with Gasteiger partial charge < -0.3 is 4.74 Å². The van der Waals surface area contributed by atoms with Gasteiger partial charge in [-0.3, -0.25) is 0 Å². The molecule has 33 heavy (non-hydrogen) atoms. The van der Waals surface area contributed by atoms with Crippen molar-refractivity contribution in [2.75, 3.05) is 0 Å². The molecule has 2 heterocycles. The van der Waals surface area contributed by atoms with Crippen molar-refractivity contribution in [3.05, 3.63) is 119 Å². The van der Waals surface area contributed by atoms with Crippen molar-refractivity contribution < 1.29 is 4.74 Å². The quantitative estimate of drug-likeness (QED) is 0.353. The van der Waals surface area contributed by atoms with E-state index in [9.17, 15) is 0 Å². The molecule has 0 bridgehead atoms. The van der Waals surface area contributed by atoms with Gasteiger partial charge in [-0.05, 0) is 45.5 Å². The van der Waals surface area contributed by atoms with Gasteiger partial charge in [0.1, 0.15) is 12.5 Å². The van der Waals surface area contributed by atoms with E-state index in [4.69, 9.17) is 4.74 Å². The first-order valence-corrected chi connectivity index (χ1v) is 12.2. The largest absolute Gasteiger partial charge is 0.334 e. The lowest BCUT2D eigenvalue weighted by Crippen LogP contribution is -2.26. The smallest absolute Gasteiger partial charge is 0.149 e. The Morgan fingerprint density at radius 2 is 1.36 bits per heavy atom. The van der Waals surface area contributed by atoms with Crippen LogP contribution in [0.25, 0.3) is 11.1 Å². The molecule has 2 aliphatic rings. The first kappa shape index (κ1) is 20.7. The summed E-state index contributed by atoms with van der Waals surface area (Å²) < 4.78 is 6.29. The Balaban J connectivity index is 1.35. The fourth-order valence-corrected chi connectivity index (χ4v) is 6.40. The molecule has 2 atom stereocenters. The van der Waals surface area contributed by atoms with E-state index < -0.39 is 0 Å². The van der Waals surface area contributed by atoms with Crippen molar-refractivity contribution in [2.24, 2.45) is 0 Å². The summed E-state index contributed by atoms with van der Waals surface area (Å²) in [5.74, 6) is 0. The molecule has 2 unspecified atom stereocenters. The molecule has 4 heteroatoms. The van der Waals surface area contributed by atoms with Crippen molar-refractivity contribution in [3.8, 4) is 11.1 Å². The van der Waals surface area contributed by atoms with E-state index in [1.807, 2.05) is 30.0 Å². The van der Waals surface area contributed by atoms with E-state index in [1.54, 1.807) is 0 Å². The molecule has 0 aromatic heterocycles. The zero-order chi connectivity index (χ0) is 22.4.